The highest BCUT2D eigenvalue weighted by Gasteiger charge is 2.23. The SMILES string of the molecule is CCCCCCCCCCCCCCC/C=C\C/C=C\CCCCCCCCCCCCCCCCCCC(O)C(=O)NC(CO)C(O)CCCCCCCCCCCCCCCC. The molecule has 0 fully saturated rings. The van der Waals surface area contributed by atoms with Gasteiger partial charge in [0.2, 0.25) is 5.91 Å². The van der Waals surface area contributed by atoms with Crippen LogP contribution in [0.15, 0.2) is 24.3 Å². The number of nitrogens with one attached hydrogen (secondary N) is 1. The van der Waals surface area contributed by atoms with Crippen molar-refractivity contribution in [2.24, 2.45) is 0 Å². The van der Waals surface area contributed by atoms with Crippen molar-refractivity contribution >= 4 is 5.91 Å². The smallest absolute Gasteiger partial charge is 0.249 e. The van der Waals surface area contributed by atoms with Gasteiger partial charge in [0.15, 0.2) is 0 Å². The van der Waals surface area contributed by atoms with E-state index in [4.69, 9.17) is 0 Å². The minimum atomic E-state index is -1.07. The zero-order valence-electron chi connectivity index (χ0n) is 43.4. The Labute approximate surface area is 401 Å². The second-order valence-corrected chi connectivity index (χ2v) is 20.2. The highest BCUT2D eigenvalue weighted by Crippen LogP contribution is 2.18. The van der Waals surface area contributed by atoms with Crippen molar-refractivity contribution < 1.29 is 20.1 Å². The van der Waals surface area contributed by atoms with Crippen molar-refractivity contribution in [1.29, 1.82) is 0 Å². The first-order chi connectivity index (χ1) is 31.6. The summed E-state index contributed by atoms with van der Waals surface area (Å²) in [6.45, 7) is 4.26. The third-order valence-electron chi connectivity index (χ3n) is 13.8. The summed E-state index contributed by atoms with van der Waals surface area (Å²) >= 11 is 0. The van der Waals surface area contributed by atoms with Gasteiger partial charge >= 0.3 is 0 Å². The molecule has 0 aromatic carbocycles. The van der Waals surface area contributed by atoms with E-state index in [0.717, 1.165) is 38.5 Å². The number of aliphatic hydroxyl groups excluding tert-OH is 3. The molecule has 0 aliphatic rings. The molecule has 0 spiro atoms. The predicted molar refractivity (Wildman–Crippen MR) is 282 cm³/mol. The number of aliphatic hydroxyl groups is 3. The van der Waals surface area contributed by atoms with Crippen LogP contribution in [-0.4, -0.2) is 46.1 Å². The Bertz CT molecular complexity index is 951. The van der Waals surface area contributed by atoms with E-state index in [0.29, 0.717) is 12.8 Å². The fourth-order valence-electron chi connectivity index (χ4n) is 9.28. The molecule has 0 aromatic rings. The van der Waals surface area contributed by atoms with Gasteiger partial charge in [0.25, 0.3) is 0 Å². The maximum atomic E-state index is 12.5. The lowest BCUT2D eigenvalue weighted by atomic mass is 10.0. The highest BCUT2D eigenvalue weighted by molar-refractivity contribution is 5.80. The molecule has 0 rings (SSSR count). The second kappa shape index (κ2) is 54.4. The largest absolute Gasteiger partial charge is 0.394 e. The summed E-state index contributed by atoms with van der Waals surface area (Å²) in [5, 5.41) is 33.5. The van der Waals surface area contributed by atoms with Crippen LogP contribution in [0.2, 0.25) is 0 Å². The third kappa shape index (κ3) is 48.8. The maximum Gasteiger partial charge on any atom is 0.249 e. The van der Waals surface area contributed by atoms with Crippen molar-refractivity contribution in [3.05, 3.63) is 24.3 Å². The number of rotatable bonds is 54. The van der Waals surface area contributed by atoms with Crippen LogP contribution in [0, 0.1) is 0 Å². The molecule has 5 heteroatoms. The van der Waals surface area contributed by atoms with Crippen LogP contribution >= 0.6 is 0 Å². The zero-order valence-corrected chi connectivity index (χ0v) is 43.4. The van der Waals surface area contributed by atoms with Crippen molar-refractivity contribution in [2.75, 3.05) is 6.61 Å². The van der Waals surface area contributed by atoms with E-state index in [-0.39, 0.29) is 6.61 Å². The molecule has 64 heavy (non-hydrogen) atoms. The van der Waals surface area contributed by atoms with Crippen molar-refractivity contribution in [3.8, 4) is 0 Å². The third-order valence-corrected chi connectivity index (χ3v) is 13.8. The molecule has 0 aliphatic carbocycles. The molecule has 0 aromatic heterocycles. The standard InChI is InChI=1S/C59H115NO4/c1-3-5-7-9-11-13-15-17-19-20-21-22-23-24-25-26-27-28-29-30-31-32-33-34-35-36-37-38-39-40-42-44-46-48-50-52-54-58(63)59(64)60-56(55-61)57(62)53-51-49-47-45-43-41-18-16-14-12-10-8-6-4-2/h25-26,28-29,56-58,61-63H,3-24,27,30-55H2,1-2H3,(H,60,64)/b26-25-,29-28-. The molecular formula is C59H115NO4. The molecule has 3 atom stereocenters. The van der Waals surface area contributed by atoms with E-state index >= 15 is 0 Å². The Morgan fingerprint density at radius 2 is 0.641 bits per heavy atom. The monoisotopic (exact) mass is 902 g/mol. The highest BCUT2D eigenvalue weighted by atomic mass is 16.3. The van der Waals surface area contributed by atoms with E-state index in [1.165, 1.54) is 257 Å². The number of hydrogen-bond donors (Lipinski definition) is 4. The number of carbonyl (C=O) groups is 1. The van der Waals surface area contributed by atoms with Gasteiger partial charge in [-0.15, -0.1) is 0 Å². The Kier molecular flexibility index (Phi) is 53.4. The number of amides is 1. The summed E-state index contributed by atoms with van der Waals surface area (Å²) in [7, 11) is 0. The summed E-state index contributed by atoms with van der Waals surface area (Å²) < 4.78 is 0. The fourth-order valence-corrected chi connectivity index (χ4v) is 9.28. The topological polar surface area (TPSA) is 89.8 Å². The minimum Gasteiger partial charge on any atom is -0.394 e. The van der Waals surface area contributed by atoms with Crippen molar-refractivity contribution in [2.45, 2.75) is 340 Å². The van der Waals surface area contributed by atoms with Crippen molar-refractivity contribution in [1.82, 2.24) is 5.32 Å². The van der Waals surface area contributed by atoms with Gasteiger partial charge in [0.1, 0.15) is 6.10 Å². The molecule has 5 nitrogen and oxygen atoms in total. The van der Waals surface area contributed by atoms with E-state index in [1.807, 2.05) is 0 Å². The summed E-state index contributed by atoms with van der Waals surface area (Å²) in [4.78, 5) is 12.5. The molecule has 0 aliphatic heterocycles. The first-order valence-electron chi connectivity index (χ1n) is 29.1. The summed E-state index contributed by atoms with van der Waals surface area (Å²) in [5.74, 6) is -0.466. The first kappa shape index (κ1) is 62.8. The normalized spacial score (nSPS) is 13.4. The number of hydrogen-bond acceptors (Lipinski definition) is 4. The Hall–Kier alpha value is -1.17. The predicted octanol–water partition coefficient (Wildman–Crippen LogP) is 18.1. The van der Waals surface area contributed by atoms with Crippen LogP contribution in [0.5, 0.6) is 0 Å². The molecule has 0 saturated heterocycles. The minimum absolute atomic E-state index is 0.311. The lowest BCUT2D eigenvalue weighted by molar-refractivity contribution is -0.131. The summed E-state index contributed by atoms with van der Waals surface area (Å²) in [5.41, 5.74) is 0. The van der Waals surface area contributed by atoms with Gasteiger partial charge in [-0.05, 0) is 44.9 Å². The number of unbranched alkanes of at least 4 members (excludes halogenated alkanes) is 42. The average Bonchev–Trinajstić information content (AvgIpc) is 3.30. The van der Waals surface area contributed by atoms with E-state index < -0.39 is 24.2 Å². The number of allylic oxidation sites excluding steroid dienone is 4. The first-order valence-corrected chi connectivity index (χ1v) is 29.1. The van der Waals surface area contributed by atoms with Crippen LogP contribution in [0.3, 0.4) is 0 Å². The Balaban J connectivity index is 3.46. The number of carbonyl (C=O) groups excluding carboxylic acids is 1. The van der Waals surface area contributed by atoms with Crippen molar-refractivity contribution in [3.63, 3.8) is 0 Å². The lowest BCUT2D eigenvalue weighted by Crippen LogP contribution is -2.49. The van der Waals surface area contributed by atoms with E-state index in [2.05, 4.69) is 43.5 Å². The second-order valence-electron chi connectivity index (χ2n) is 20.2. The molecule has 0 saturated carbocycles. The Morgan fingerprint density at radius 1 is 0.375 bits per heavy atom. The Morgan fingerprint density at radius 3 is 0.938 bits per heavy atom. The summed E-state index contributed by atoms with van der Waals surface area (Å²) in [6.07, 6.45) is 69.6. The van der Waals surface area contributed by atoms with Gasteiger partial charge in [0.05, 0.1) is 18.8 Å². The molecule has 0 heterocycles. The van der Waals surface area contributed by atoms with Crippen LogP contribution in [0.1, 0.15) is 322 Å². The molecule has 1 amide bonds. The van der Waals surface area contributed by atoms with Gasteiger partial charge in [-0.2, -0.15) is 0 Å². The van der Waals surface area contributed by atoms with Crippen LogP contribution < -0.4 is 5.32 Å². The van der Waals surface area contributed by atoms with Gasteiger partial charge in [0, 0.05) is 0 Å². The molecule has 0 radical (unpaired) electrons. The van der Waals surface area contributed by atoms with Gasteiger partial charge in [-0.1, -0.05) is 301 Å². The zero-order chi connectivity index (χ0) is 46.5. The van der Waals surface area contributed by atoms with Crippen LogP contribution in [0.25, 0.3) is 0 Å². The molecule has 4 N–H and O–H groups in total. The van der Waals surface area contributed by atoms with Crippen LogP contribution in [0.4, 0.5) is 0 Å². The van der Waals surface area contributed by atoms with Gasteiger partial charge in [-0.25, -0.2) is 0 Å². The van der Waals surface area contributed by atoms with Gasteiger partial charge in [-0.3, -0.25) is 4.79 Å². The fraction of sp³-hybridized carbons (Fsp3) is 0.915. The maximum absolute atomic E-state index is 12.5. The average molecular weight is 903 g/mol. The summed E-state index contributed by atoms with van der Waals surface area (Å²) in [6, 6.07) is -0.710. The lowest BCUT2D eigenvalue weighted by Gasteiger charge is -2.23. The van der Waals surface area contributed by atoms with E-state index in [9.17, 15) is 20.1 Å². The molecule has 0 bridgehead atoms. The molecule has 380 valence electrons. The molecule has 3 unspecified atom stereocenters. The van der Waals surface area contributed by atoms with Gasteiger partial charge < -0.3 is 20.6 Å². The molecular weight excluding hydrogens is 787 g/mol. The van der Waals surface area contributed by atoms with E-state index in [1.54, 1.807) is 0 Å². The van der Waals surface area contributed by atoms with Crippen LogP contribution in [-0.2, 0) is 4.79 Å². The quantitative estimate of drug-likeness (QED) is 0.0362.